The molecule has 5 nitrogen and oxygen atoms in total. The van der Waals surface area contributed by atoms with E-state index in [1.165, 1.54) is 0 Å². The van der Waals surface area contributed by atoms with Gasteiger partial charge in [-0.25, -0.2) is 4.98 Å². The van der Waals surface area contributed by atoms with Crippen molar-refractivity contribution in [3.05, 3.63) is 22.3 Å². The summed E-state index contributed by atoms with van der Waals surface area (Å²) < 4.78 is 6.42. The highest BCUT2D eigenvalue weighted by atomic mass is 79.9. The van der Waals surface area contributed by atoms with Gasteiger partial charge in [-0.3, -0.25) is 5.41 Å². The third-order valence-corrected chi connectivity index (χ3v) is 3.76. The van der Waals surface area contributed by atoms with Crippen molar-refractivity contribution in [2.24, 2.45) is 5.73 Å². The van der Waals surface area contributed by atoms with Crippen LogP contribution in [0.4, 0.5) is 5.82 Å². The van der Waals surface area contributed by atoms with E-state index in [0.717, 1.165) is 22.4 Å². The normalized spacial score (nSPS) is 20.4. The molecular formula is C11H15BrN4O. The number of nitrogens with one attached hydrogen (secondary N) is 1. The van der Waals surface area contributed by atoms with Crippen LogP contribution < -0.4 is 10.6 Å². The van der Waals surface area contributed by atoms with E-state index in [9.17, 15) is 0 Å². The van der Waals surface area contributed by atoms with Gasteiger partial charge in [-0.15, -0.1) is 0 Å². The highest BCUT2D eigenvalue weighted by Crippen LogP contribution is 2.27. The molecule has 0 saturated carbocycles. The predicted molar refractivity (Wildman–Crippen MR) is 70.5 cm³/mol. The lowest BCUT2D eigenvalue weighted by Crippen LogP contribution is -2.48. The summed E-state index contributed by atoms with van der Waals surface area (Å²) in [6.45, 7) is 3.92. The maximum atomic E-state index is 7.43. The Balaban J connectivity index is 2.22. The average Bonchev–Trinajstić information content (AvgIpc) is 2.33. The lowest BCUT2D eigenvalue weighted by molar-refractivity contribution is 0.0823. The molecule has 2 rings (SSSR count). The number of aryl methyl sites for hydroxylation is 1. The molecule has 1 aliphatic rings. The molecule has 0 aromatic carbocycles. The number of aromatic nitrogens is 1. The summed E-state index contributed by atoms with van der Waals surface area (Å²) in [6, 6.07) is 1.95. The van der Waals surface area contributed by atoms with Crippen molar-refractivity contribution in [1.29, 1.82) is 5.41 Å². The van der Waals surface area contributed by atoms with Crippen LogP contribution in [0.2, 0.25) is 0 Å². The molecule has 1 aromatic heterocycles. The molecule has 1 unspecified atom stereocenters. The van der Waals surface area contributed by atoms with Crippen LogP contribution in [0.3, 0.4) is 0 Å². The fourth-order valence-corrected chi connectivity index (χ4v) is 2.26. The van der Waals surface area contributed by atoms with Gasteiger partial charge in [0.15, 0.2) is 0 Å². The van der Waals surface area contributed by atoms with Gasteiger partial charge in [-0.2, -0.15) is 0 Å². The zero-order chi connectivity index (χ0) is 12.4. The monoisotopic (exact) mass is 298 g/mol. The number of halogens is 1. The Bertz CT molecular complexity index is 437. The Labute approximate surface area is 109 Å². The molecule has 0 radical (unpaired) electrons. The van der Waals surface area contributed by atoms with Crippen LogP contribution in [0.15, 0.2) is 16.7 Å². The number of nitrogens with two attached hydrogens (primary N) is 1. The van der Waals surface area contributed by atoms with E-state index in [1.54, 1.807) is 6.20 Å². The number of amidine groups is 1. The first kappa shape index (κ1) is 12.3. The smallest absolute Gasteiger partial charge is 0.143 e. The van der Waals surface area contributed by atoms with Crippen LogP contribution >= 0.6 is 15.9 Å². The van der Waals surface area contributed by atoms with Gasteiger partial charge in [0.25, 0.3) is 0 Å². The fourth-order valence-electron chi connectivity index (χ4n) is 1.78. The molecule has 1 aliphatic heterocycles. The van der Waals surface area contributed by atoms with Crippen LogP contribution in [0.25, 0.3) is 0 Å². The zero-order valence-electron chi connectivity index (χ0n) is 9.61. The molecule has 0 spiro atoms. The quantitative estimate of drug-likeness (QED) is 0.637. The van der Waals surface area contributed by atoms with Crippen molar-refractivity contribution >= 4 is 27.6 Å². The van der Waals surface area contributed by atoms with E-state index in [4.69, 9.17) is 15.9 Å². The van der Waals surface area contributed by atoms with Crippen molar-refractivity contribution in [1.82, 2.24) is 4.98 Å². The number of hydrogen-bond donors (Lipinski definition) is 2. The molecule has 1 atom stereocenters. The average molecular weight is 299 g/mol. The van der Waals surface area contributed by atoms with Gasteiger partial charge < -0.3 is 15.4 Å². The molecule has 2 heterocycles. The lowest BCUT2D eigenvalue weighted by atomic mass is 10.2. The summed E-state index contributed by atoms with van der Waals surface area (Å²) in [5.74, 6) is 0.957. The van der Waals surface area contributed by atoms with Gasteiger partial charge in [0.05, 0.1) is 17.6 Å². The van der Waals surface area contributed by atoms with E-state index in [2.05, 4.69) is 25.8 Å². The second kappa shape index (κ2) is 5.01. The summed E-state index contributed by atoms with van der Waals surface area (Å²) in [5, 5.41) is 7.43. The minimum Gasteiger partial charge on any atom is -0.385 e. The molecule has 0 aliphatic carbocycles. The molecule has 1 saturated heterocycles. The van der Waals surface area contributed by atoms with Crippen LogP contribution in [0, 0.1) is 12.3 Å². The molecule has 0 bridgehead atoms. The van der Waals surface area contributed by atoms with Gasteiger partial charge in [0.1, 0.15) is 17.8 Å². The highest BCUT2D eigenvalue weighted by molar-refractivity contribution is 9.10. The summed E-state index contributed by atoms with van der Waals surface area (Å²) in [5.41, 5.74) is 6.61. The molecule has 1 aromatic rings. The second-order valence-corrected chi connectivity index (χ2v) is 4.82. The summed E-state index contributed by atoms with van der Waals surface area (Å²) in [6.07, 6.45) is 1.45. The van der Waals surface area contributed by atoms with E-state index in [-0.39, 0.29) is 11.9 Å². The Hall–Kier alpha value is -1.14. The summed E-state index contributed by atoms with van der Waals surface area (Å²) in [4.78, 5) is 6.46. The lowest BCUT2D eigenvalue weighted by Gasteiger charge is -2.33. The Morgan fingerprint density at radius 1 is 1.71 bits per heavy atom. The standard InChI is InChI=1S/C11H15BrN4O/c1-7-2-3-15-11(9(7)12)16-4-5-17-8(6-16)10(13)14/h2-3,8H,4-6H2,1H3,(H3,13,14). The van der Waals surface area contributed by atoms with E-state index >= 15 is 0 Å². The van der Waals surface area contributed by atoms with Crippen molar-refractivity contribution in [2.75, 3.05) is 24.6 Å². The minimum absolute atomic E-state index is 0.0680. The molecule has 1 fully saturated rings. The van der Waals surface area contributed by atoms with Crippen LogP contribution in [-0.4, -0.2) is 36.6 Å². The van der Waals surface area contributed by atoms with E-state index in [0.29, 0.717) is 13.2 Å². The Morgan fingerprint density at radius 3 is 3.18 bits per heavy atom. The van der Waals surface area contributed by atoms with Crippen molar-refractivity contribution < 1.29 is 4.74 Å². The number of hydrogen-bond acceptors (Lipinski definition) is 4. The third-order valence-electron chi connectivity index (χ3n) is 2.78. The second-order valence-electron chi connectivity index (χ2n) is 4.03. The number of anilines is 1. The number of nitrogens with zero attached hydrogens (tertiary/aromatic N) is 2. The Morgan fingerprint density at radius 2 is 2.47 bits per heavy atom. The third kappa shape index (κ3) is 2.58. The Kier molecular flexibility index (Phi) is 3.63. The maximum Gasteiger partial charge on any atom is 0.143 e. The number of morpholine rings is 1. The SMILES string of the molecule is Cc1ccnc(N2CCOC(C(=N)N)C2)c1Br. The van der Waals surface area contributed by atoms with Crippen LogP contribution in [0.1, 0.15) is 5.56 Å². The van der Waals surface area contributed by atoms with Crippen molar-refractivity contribution in [2.45, 2.75) is 13.0 Å². The zero-order valence-corrected chi connectivity index (χ0v) is 11.2. The van der Waals surface area contributed by atoms with Crippen molar-refractivity contribution in [3.8, 4) is 0 Å². The topological polar surface area (TPSA) is 75.2 Å². The first-order chi connectivity index (χ1) is 8.09. The number of pyridine rings is 1. The van der Waals surface area contributed by atoms with Crippen LogP contribution in [-0.2, 0) is 4.74 Å². The van der Waals surface area contributed by atoms with Gasteiger partial charge in [-0.1, -0.05) is 0 Å². The maximum absolute atomic E-state index is 7.43. The molecule has 0 amide bonds. The van der Waals surface area contributed by atoms with Gasteiger partial charge in [0.2, 0.25) is 0 Å². The van der Waals surface area contributed by atoms with E-state index in [1.807, 2.05) is 13.0 Å². The fraction of sp³-hybridized carbons (Fsp3) is 0.455. The molecule has 3 N–H and O–H groups in total. The van der Waals surface area contributed by atoms with E-state index < -0.39 is 0 Å². The number of ether oxygens (including phenoxy) is 1. The van der Waals surface area contributed by atoms with Gasteiger partial charge in [-0.05, 0) is 34.5 Å². The highest BCUT2D eigenvalue weighted by Gasteiger charge is 2.24. The molecule has 6 heteroatoms. The van der Waals surface area contributed by atoms with Crippen LogP contribution in [0.5, 0.6) is 0 Å². The molecule has 17 heavy (non-hydrogen) atoms. The number of rotatable bonds is 2. The van der Waals surface area contributed by atoms with Gasteiger partial charge in [0, 0.05) is 12.7 Å². The molecular weight excluding hydrogens is 284 g/mol. The summed E-state index contributed by atoms with van der Waals surface area (Å²) in [7, 11) is 0. The summed E-state index contributed by atoms with van der Waals surface area (Å²) >= 11 is 3.54. The van der Waals surface area contributed by atoms with Gasteiger partial charge >= 0.3 is 0 Å². The first-order valence-electron chi connectivity index (χ1n) is 5.41. The minimum atomic E-state index is -0.335. The first-order valence-corrected chi connectivity index (χ1v) is 6.20. The van der Waals surface area contributed by atoms with Crippen molar-refractivity contribution in [3.63, 3.8) is 0 Å². The molecule has 92 valence electrons. The largest absolute Gasteiger partial charge is 0.385 e. The predicted octanol–water partition coefficient (Wildman–Crippen LogP) is 1.29.